The van der Waals surface area contributed by atoms with Crippen LogP contribution in [0.5, 0.6) is 0 Å². The highest BCUT2D eigenvalue weighted by molar-refractivity contribution is 9.13. The average Bonchev–Trinajstić information content (AvgIpc) is 3.34. The smallest absolute Gasteiger partial charge is 0.465 e. The van der Waals surface area contributed by atoms with Gasteiger partial charge < -0.3 is 4.74 Å². The van der Waals surface area contributed by atoms with E-state index in [0.717, 1.165) is 66.7 Å². The lowest BCUT2D eigenvalue weighted by Crippen LogP contribution is -2.38. The topological polar surface area (TPSA) is 146 Å². The van der Waals surface area contributed by atoms with Crippen LogP contribution in [0.3, 0.4) is 0 Å². The molecule has 0 heterocycles. The van der Waals surface area contributed by atoms with Gasteiger partial charge in [-0.05, 0) is 96.9 Å². The SMILES string of the molecule is C.C.CCOC(=O)C(Br)C(Br)C(=O)c1ccc(F)c(F)c1.O=C(Cl)C(Br)C(Br)C(=O)c1ccc(F)c(F)c1.O=C(Cl)C(Br)C(Br)C(=O)c1ccc(F)c(F)c1.O=C1c2cc(F)c(F)cc2C(=O)C(Br)C1Br.[Cl][Al]([Cl])[Cl]. The molecule has 412 valence electrons. The van der Waals surface area contributed by atoms with Gasteiger partial charge in [-0.15, -0.1) is 0 Å². The summed E-state index contributed by atoms with van der Waals surface area (Å²) in [6.07, 6.45) is 0. The number of benzene rings is 4. The van der Waals surface area contributed by atoms with Gasteiger partial charge in [-0.3, -0.25) is 38.4 Å². The van der Waals surface area contributed by atoms with Crippen molar-refractivity contribution in [3.8, 4) is 0 Å². The highest BCUT2D eigenvalue weighted by atomic mass is 79.9. The molecule has 75 heavy (non-hydrogen) atoms. The number of hydrogen-bond acceptors (Lipinski definition) is 9. The van der Waals surface area contributed by atoms with E-state index in [9.17, 15) is 73.5 Å². The number of ketones is 5. The van der Waals surface area contributed by atoms with E-state index in [-0.39, 0.29) is 49.3 Å². The van der Waals surface area contributed by atoms with Crippen molar-refractivity contribution in [2.24, 2.45) is 0 Å². The zero-order chi connectivity index (χ0) is 56.5. The minimum Gasteiger partial charge on any atom is -0.465 e. The zero-order valence-corrected chi connectivity index (χ0v) is 53.0. The van der Waals surface area contributed by atoms with Gasteiger partial charge in [-0.1, -0.05) is 142 Å². The van der Waals surface area contributed by atoms with Gasteiger partial charge in [0.15, 0.2) is 75.5 Å². The van der Waals surface area contributed by atoms with E-state index in [2.05, 4.69) is 127 Å². The van der Waals surface area contributed by atoms with Gasteiger partial charge in [-0.25, -0.2) is 65.3 Å². The fourth-order valence-corrected chi connectivity index (χ4v) is 8.78. The first-order valence-electron chi connectivity index (χ1n) is 18.9. The summed E-state index contributed by atoms with van der Waals surface area (Å²) in [5.41, 5.74) is -0.293. The Kier molecular flexibility index (Phi) is 37.3. The molecule has 5 rings (SSSR count). The molecular formula is C44H32AlBr8Cl5F8O9. The molecule has 1 aliphatic carbocycles. The second-order valence-corrected chi connectivity index (χ2v) is 28.4. The monoisotopic (exact) mass is 1690 g/mol. The van der Waals surface area contributed by atoms with Crippen LogP contribution < -0.4 is 0 Å². The molecule has 0 aliphatic heterocycles. The minimum atomic E-state index is -1.72. The van der Waals surface area contributed by atoms with Crippen LogP contribution in [-0.2, 0) is 19.1 Å². The van der Waals surface area contributed by atoms with E-state index in [1.807, 2.05) is 0 Å². The van der Waals surface area contributed by atoms with E-state index < -0.39 is 142 Å². The van der Waals surface area contributed by atoms with E-state index in [1.165, 1.54) is 0 Å². The second-order valence-electron chi connectivity index (χ2n) is 13.3. The molecule has 9 nitrogen and oxygen atoms in total. The van der Waals surface area contributed by atoms with Gasteiger partial charge in [0.25, 0.3) is 0 Å². The lowest BCUT2D eigenvalue weighted by Gasteiger charge is -2.22. The number of esters is 1. The number of hydrogen-bond donors (Lipinski definition) is 0. The van der Waals surface area contributed by atoms with Gasteiger partial charge in [0.1, 0.15) is 19.3 Å². The third-order valence-electron chi connectivity index (χ3n) is 8.43. The number of alkyl halides is 8. The summed E-state index contributed by atoms with van der Waals surface area (Å²) in [5.74, 6) is -11.9. The first kappa shape index (κ1) is 76.4. The molecule has 0 N–H and O–H groups in total. The Morgan fingerprint density at radius 1 is 0.480 bits per heavy atom. The van der Waals surface area contributed by atoms with Crippen LogP contribution in [0.4, 0.5) is 35.1 Å². The quantitative estimate of drug-likeness (QED) is 0.0319. The first-order valence-corrected chi connectivity index (χ1v) is 32.2. The third kappa shape index (κ3) is 23.7. The Hall–Kier alpha value is -0.698. The maximum atomic E-state index is 13.0. The predicted octanol–water partition coefficient (Wildman–Crippen LogP) is 15.9. The van der Waals surface area contributed by atoms with Crippen LogP contribution in [0.2, 0.25) is 0 Å². The largest absolute Gasteiger partial charge is 0.643 e. The standard InChI is InChI=1S/C12H10Br2F2O3.2C10H5Br2ClF2O2.C10H4Br2F2O2.2CH4.Al.3ClH/c1-2-19-12(18)10(14)9(13)11(17)6-3-4-7(15)8(16)5-6;2*11-7(8(12)10(13)17)9(16)4-1-2-5(14)6(15)3-4;11-7-8(12)10(16)4-2-6(14)5(13)1-3(4)9(7)15;;;;;;/h3-5,9-10H,2H2,1H3;2*1-3,7-8H;1-2,7-8H;2*1H4;;3*1H/q;;;;;;+3;;;/p-3. The van der Waals surface area contributed by atoms with Crippen molar-refractivity contribution in [1.82, 2.24) is 0 Å². The zero-order valence-electron chi connectivity index (χ0n) is 35.4. The Morgan fingerprint density at radius 2 is 0.720 bits per heavy atom. The molecular weight excluding hydrogens is 1670 g/mol. The van der Waals surface area contributed by atoms with Crippen LogP contribution in [0.15, 0.2) is 66.7 Å². The van der Waals surface area contributed by atoms with Crippen molar-refractivity contribution in [3.63, 3.8) is 0 Å². The van der Waals surface area contributed by atoms with Crippen molar-refractivity contribution < 1.29 is 78.2 Å². The highest BCUT2D eigenvalue weighted by Crippen LogP contribution is 2.32. The number of carbonyl (C=O) groups excluding carboxylic acids is 8. The van der Waals surface area contributed by atoms with Gasteiger partial charge in [0, 0.05) is 27.8 Å². The predicted molar refractivity (Wildman–Crippen MR) is 304 cm³/mol. The van der Waals surface area contributed by atoms with Crippen LogP contribution in [0.1, 0.15) is 73.6 Å². The summed E-state index contributed by atoms with van der Waals surface area (Å²) in [6.45, 7) is 1.82. The fourth-order valence-electron chi connectivity index (χ4n) is 4.91. The molecule has 1 aliphatic rings. The average molecular weight is 1700 g/mol. The number of carbonyl (C=O) groups is 8. The molecule has 31 heteroatoms. The lowest BCUT2D eigenvalue weighted by molar-refractivity contribution is -0.142. The first-order chi connectivity index (χ1) is 33.7. The third-order valence-corrected chi connectivity index (χ3v) is 19.8. The van der Waals surface area contributed by atoms with Crippen LogP contribution >= 0.6 is 181 Å². The normalized spacial score (nSPS) is 15.5. The van der Waals surface area contributed by atoms with Crippen LogP contribution in [0.25, 0.3) is 0 Å². The number of Topliss-reactive ketones (excluding diaryl/α,β-unsaturated/α-hetero) is 5. The molecule has 4 aromatic carbocycles. The number of rotatable bonds is 13. The van der Waals surface area contributed by atoms with E-state index in [1.54, 1.807) is 6.92 Å². The van der Waals surface area contributed by atoms with E-state index >= 15 is 0 Å². The molecule has 4 aromatic rings. The molecule has 0 spiro atoms. The lowest BCUT2D eigenvalue weighted by atomic mass is 9.89. The number of halogens is 21. The van der Waals surface area contributed by atoms with Gasteiger partial charge in [0.2, 0.25) is 10.5 Å². The molecule has 0 radical (unpaired) electrons. The Bertz CT molecular complexity index is 2580. The van der Waals surface area contributed by atoms with Crippen molar-refractivity contribution in [2.75, 3.05) is 6.61 Å². The molecule has 0 aromatic heterocycles. The summed E-state index contributed by atoms with van der Waals surface area (Å²) >= 11 is 32.6. The van der Waals surface area contributed by atoms with Gasteiger partial charge in [0.05, 0.1) is 25.9 Å². The molecule has 8 unspecified atom stereocenters. The number of fused-ring (bicyclic) bond motifs is 1. The van der Waals surface area contributed by atoms with Crippen molar-refractivity contribution in [3.05, 3.63) is 141 Å². The maximum absolute atomic E-state index is 13.0. The van der Waals surface area contributed by atoms with Crippen LogP contribution in [-0.4, -0.2) is 102 Å². The molecule has 0 saturated heterocycles. The second kappa shape index (κ2) is 36.6. The van der Waals surface area contributed by atoms with Crippen LogP contribution in [0, 0.1) is 46.5 Å². The Labute approximate surface area is 517 Å². The summed E-state index contributed by atoms with van der Waals surface area (Å²) in [6, 6.07) is 9.81. The van der Waals surface area contributed by atoms with Crippen molar-refractivity contribution in [1.29, 1.82) is 0 Å². The van der Waals surface area contributed by atoms with Crippen molar-refractivity contribution in [2.45, 2.75) is 60.4 Å². The fraction of sp³-hybridized carbons (Fsp3) is 0.273. The van der Waals surface area contributed by atoms with Gasteiger partial charge in [-0.2, -0.15) is 0 Å². The van der Waals surface area contributed by atoms with Gasteiger partial charge >= 0.3 is 17.4 Å². The summed E-state index contributed by atoms with van der Waals surface area (Å²) < 4.78 is 108. The Balaban J connectivity index is 0. The minimum absolute atomic E-state index is 0. The molecule has 0 bridgehead atoms. The maximum Gasteiger partial charge on any atom is 0.643 e. The Morgan fingerprint density at radius 3 is 0.947 bits per heavy atom. The van der Waals surface area contributed by atoms with Crippen molar-refractivity contribution >= 4 is 238 Å². The summed E-state index contributed by atoms with van der Waals surface area (Å²) in [7, 11) is 14.8. The molecule has 0 fully saturated rings. The molecule has 8 atom stereocenters. The highest BCUT2D eigenvalue weighted by Gasteiger charge is 2.39. The number of ether oxygens (including phenoxy) is 1. The summed E-state index contributed by atoms with van der Waals surface area (Å²) in [5, 5.41) is -1.52. The van der Waals surface area contributed by atoms with E-state index in [4.69, 9.17) is 58.1 Å². The molecule has 0 amide bonds. The summed E-state index contributed by atoms with van der Waals surface area (Å²) in [4.78, 5) is 85.0. The van der Waals surface area contributed by atoms with E-state index in [0.29, 0.717) is 0 Å². The molecule has 0 saturated carbocycles.